The van der Waals surface area contributed by atoms with Gasteiger partial charge in [-0.05, 0) is 12.8 Å². The first kappa shape index (κ1) is 25.0. The molecule has 0 aliphatic carbocycles. The molecule has 0 atom stereocenters. The molecule has 0 saturated heterocycles. The van der Waals surface area contributed by atoms with E-state index in [1.54, 1.807) is 6.08 Å². The summed E-state index contributed by atoms with van der Waals surface area (Å²) in [5, 5.41) is 0. The van der Waals surface area contributed by atoms with E-state index in [9.17, 15) is 0 Å². The topological polar surface area (TPSA) is 0 Å². The van der Waals surface area contributed by atoms with Crippen molar-refractivity contribution in [2.24, 2.45) is 0 Å². The van der Waals surface area contributed by atoms with Crippen LogP contribution < -0.4 is 0 Å². The maximum atomic E-state index is 5.25. The summed E-state index contributed by atoms with van der Waals surface area (Å²) in [5.41, 5.74) is 0. The molecule has 0 nitrogen and oxygen atoms in total. The first-order valence-corrected chi connectivity index (χ1v) is 11.4. The van der Waals surface area contributed by atoms with Gasteiger partial charge in [0, 0.05) is 0 Å². The van der Waals surface area contributed by atoms with Gasteiger partial charge in [0.05, 0.1) is 0 Å². The van der Waals surface area contributed by atoms with Crippen molar-refractivity contribution in [3.8, 4) is 0 Å². The number of hydrogen-bond donors (Lipinski definition) is 0. The van der Waals surface area contributed by atoms with Crippen molar-refractivity contribution >= 4 is 0 Å². The average Bonchev–Trinajstić information content (AvgIpc) is 2.66. The average molecular weight is 358 g/mol. The van der Waals surface area contributed by atoms with Gasteiger partial charge in [-0.1, -0.05) is 152 Å². The Morgan fingerprint density at radius 3 is 1.31 bits per heavy atom. The van der Waals surface area contributed by atoms with E-state index in [1.807, 2.05) is 18.2 Å². The molecule has 0 saturated carbocycles. The molecule has 0 heterocycles. The third-order valence-electron chi connectivity index (χ3n) is 4.92. The number of allylic oxidation sites excluding steroid dienone is 7. The molecule has 0 aromatic heterocycles. The standard InChI is InChI=1S/C26H45/c1-3-5-7-9-11-13-15-17-19-21-23-25-26-24-22-20-18-16-14-12-10-8-6-4-2/h1,3,5,7,9,11,13,15H,4,6,8,10,12,14,16-26H2,2H3. The zero-order chi connectivity index (χ0) is 19.0. The van der Waals surface area contributed by atoms with Crippen molar-refractivity contribution in [3.63, 3.8) is 0 Å². The molecule has 26 heavy (non-hydrogen) atoms. The Kier molecular flexibility index (Phi) is 23.0. The molecular formula is C26H45. The molecule has 0 unspecified atom stereocenters. The summed E-state index contributed by atoms with van der Waals surface area (Å²) in [5.74, 6) is 0. The van der Waals surface area contributed by atoms with Crippen LogP contribution in [0, 0.1) is 6.58 Å². The van der Waals surface area contributed by atoms with E-state index in [4.69, 9.17) is 6.58 Å². The summed E-state index contributed by atoms with van der Waals surface area (Å²) in [6.07, 6.45) is 38.0. The third-order valence-corrected chi connectivity index (χ3v) is 4.92. The largest absolute Gasteiger partial charge is 0.0845 e. The first-order chi connectivity index (χ1) is 12.9. The highest BCUT2D eigenvalue weighted by atomic mass is 14.0. The quantitative estimate of drug-likeness (QED) is 0.150. The molecule has 0 aromatic rings. The van der Waals surface area contributed by atoms with Gasteiger partial charge in [0.2, 0.25) is 0 Å². The van der Waals surface area contributed by atoms with Crippen molar-refractivity contribution in [2.75, 3.05) is 0 Å². The summed E-state index contributed by atoms with van der Waals surface area (Å²) < 4.78 is 0. The summed E-state index contributed by atoms with van der Waals surface area (Å²) in [7, 11) is 0. The minimum atomic E-state index is 1.20. The van der Waals surface area contributed by atoms with Crippen LogP contribution in [0.1, 0.15) is 116 Å². The lowest BCUT2D eigenvalue weighted by molar-refractivity contribution is 0.530. The highest BCUT2D eigenvalue weighted by molar-refractivity contribution is 5.13. The predicted molar refractivity (Wildman–Crippen MR) is 120 cm³/mol. The van der Waals surface area contributed by atoms with E-state index in [-0.39, 0.29) is 0 Å². The van der Waals surface area contributed by atoms with E-state index in [1.165, 1.54) is 109 Å². The highest BCUT2D eigenvalue weighted by Crippen LogP contribution is 2.14. The predicted octanol–water partition coefficient (Wildman–Crippen LogP) is 9.30. The van der Waals surface area contributed by atoms with E-state index < -0.39 is 0 Å². The van der Waals surface area contributed by atoms with Crippen LogP contribution in [-0.2, 0) is 0 Å². The van der Waals surface area contributed by atoms with Gasteiger partial charge in [0.25, 0.3) is 0 Å². The summed E-state index contributed by atoms with van der Waals surface area (Å²) in [4.78, 5) is 0. The molecule has 0 N–H and O–H groups in total. The molecule has 0 bridgehead atoms. The van der Waals surface area contributed by atoms with E-state index in [0.29, 0.717) is 0 Å². The van der Waals surface area contributed by atoms with E-state index in [2.05, 4.69) is 25.2 Å². The molecule has 0 heteroatoms. The molecule has 0 spiro atoms. The fraction of sp³-hybridized carbons (Fsp3) is 0.692. The van der Waals surface area contributed by atoms with Crippen LogP contribution in [0.5, 0.6) is 0 Å². The molecule has 0 aliphatic rings. The SMILES string of the molecule is [CH]=CC=CC=CC=CCCCCCCCCCCCCCCCCCC. The Morgan fingerprint density at radius 2 is 0.846 bits per heavy atom. The second-order valence-electron chi connectivity index (χ2n) is 7.48. The lowest BCUT2D eigenvalue weighted by Crippen LogP contribution is -1.83. The number of unbranched alkanes of at least 4 members (excludes halogenated alkanes) is 16. The van der Waals surface area contributed by atoms with Crippen molar-refractivity contribution in [3.05, 3.63) is 49.1 Å². The molecule has 0 amide bonds. The third kappa shape index (κ3) is 23.0. The summed E-state index contributed by atoms with van der Waals surface area (Å²) in [6, 6.07) is 0. The van der Waals surface area contributed by atoms with Crippen molar-refractivity contribution in [2.45, 2.75) is 116 Å². The lowest BCUT2D eigenvalue weighted by Gasteiger charge is -2.03. The Morgan fingerprint density at radius 1 is 0.462 bits per heavy atom. The zero-order valence-electron chi connectivity index (χ0n) is 17.6. The fourth-order valence-electron chi connectivity index (χ4n) is 3.24. The second-order valence-corrected chi connectivity index (χ2v) is 7.48. The molecule has 0 rings (SSSR count). The van der Waals surface area contributed by atoms with Crippen LogP contribution >= 0.6 is 0 Å². The van der Waals surface area contributed by atoms with Crippen molar-refractivity contribution in [1.82, 2.24) is 0 Å². The molecule has 0 fully saturated rings. The van der Waals surface area contributed by atoms with E-state index >= 15 is 0 Å². The van der Waals surface area contributed by atoms with Gasteiger partial charge in [-0.15, -0.1) is 0 Å². The van der Waals surface area contributed by atoms with Crippen LogP contribution in [0.25, 0.3) is 0 Å². The molecule has 1 radical (unpaired) electrons. The van der Waals surface area contributed by atoms with Gasteiger partial charge in [0.15, 0.2) is 0 Å². The minimum Gasteiger partial charge on any atom is -0.0845 e. The van der Waals surface area contributed by atoms with Gasteiger partial charge >= 0.3 is 0 Å². The molecule has 149 valence electrons. The summed E-state index contributed by atoms with van der Waals surface area (Å²) >= 11 is 0. The number of rotatable bonds is 20. The van der Waals surface area contributed by atoms with Crippen LogP contribution in [0.15, 0.2) is 42.5 Å². The van der Waals surface area contributed by atoms with Gasteiger partial charge in [-0.3, -0.25) is 0 Å². The Labute approximate surface area is 165 Å². The maximum absolute atomic E-state index is 5.25. The monoisotopic (exact) mass is 357 g/mol. The van der Waals surface area contributed by atoms with Crippen LogP contribution in [0.4, 0.5) is 0 Å². The normalized spacial score (nSPS) is 12.0. The number of hydrogen-bond acceptors (Lipinski definition) is 0. The van der Waals surface area contributed by atoms with Gasteiger partial charge in [0.1, 0.15) is 0 Å². The van der Waals surface area contributed by atoms with Crippen LogP contribution in [0.2, 0.25) is 0 Å². The Hall–Kier alpha value is -1.04. The minimum absolute atomic E-state index is 1.20. The second kappa shape index (κ2) is 24.0. The summed E-state index contributed by atoms with van der Waals surface area (Å²) in [6.45, 7) is 7.55. The van der Waals surface area contributed by atoms with Gasteiger partial charge in [-0.25, -0.2) is 0 Å². The molecule has 0 aromatic carbocycles. The van der Waals surface area contributed by atoms with Crippen molar-refractivity contribution < 1.29 is 0 Å². The molecular weight excluding hydrogens is 312 g/mol. The Bertz CT molecular complexity index is 345. The maximum Gasteiger partial charge on any atom is -0.0348 e. The fourth-order valence-corrected chi connectivity index (χ4v) is 3.24. The first-order valence-electron chi connectivity index (χ1n) is 11.4. The molecule has 0 aliphatic heterocycles. The van der Waals surface area contributed by atoms with Crippen molar-refractivity contribution in [1.29, 1.82) is 0 Å². The zero-order valence-corrected chi connectivity index (χ0v) is 17.6. The van der Waals surface area contributed by atoms with Gasteiger partial charge in [-0.2, -0.15) is 0 Å². The van der Waals surface area contributed by atoms with Crippen LogP contribution in [-0.4, -0.2) is 0 Å². The van der Waals surface area contributed by atoms with E-state index in [0.717, 1.165) is 0 Å². The Balaban J connectivity index is 3.11. The highest BCUT2D eigenvalue weighted by Gasteiger charge is 1.94. The lowest BCUT2D eigenvalue weighted by atomic mass is 10.0. The van der Waals surface area contributed by atoms with Gasteiger partial charge < -0.3 is 0 Å². The van der Waals surface area contributed by atoms with Crippen LogP contribution in [0.3, 0.4) is 0 Å². The smallest absolute Gasteiger partial charge is 0.0348 e.